The molecule has 2 amide bonds. The van der Waals surface area contributed by atoms with E-state index < -0.39 is 5.54 Å². The first kappa shape index (κ1) is 14.1. The number of rotatable bonds is 2. The molecule has 4 heteroatoms. The minimum atomic E-state index is -0.942. The largest absolute Gasteiger partial charge is 0.337 e. The molecule has 0 aromatic heterocycles. The van der Waals surface area contributed by atoms with E-state index in [9.17, 15) is 9.59 Å². The molecule has 1 aromatic rings. The van der Waals surface area contributed by atoms with Crippen LogP contribution in [0, 0.1) is 5.92 Å². The van der Waals surface area contributed by atoms with Crippen LogP contribution < -0.4 is 5.32 Å². The molecule has 1 aliphatic heterocycles. The van der Waals surface area contributed by atoms with Crippen LogP contribution in [0.1, 0.15) is 38.7 Å². The van der Waals surface area contributed by atoms with Crippen LogP contribution in [0.15, 0.2) is 30.3 Å². The van der Waals surface area contributed by atoms with Crippen molar-refractivity contribution in [3.63, 3.8) is 0 Å². The highest BCUT2D eigenvalue weighted by Crippen LogP contribution is 2.34. The van der Waals surface area contributed by atoms with Gasteiger partial charge in [0.1, 0.15) is 5.54 Å². The fraction of sp³-hybridized carbons (Fsp3) is 0.529. The van der Waals surface area contributed by atoms with Crippen molar-refractivity contribution < 1.29 is 9.59 Å². The number of hydrogen-bond acceptors (Lipinski definition) is 2. The van der Waals surface area contributed by atoms with Crippen LogP contribution in [0.3, 0.4) is 0 Å². The molecule has 21 heavy (non-hydrogen) atoms. The third-order valence-electron chi connectivity index (χ3n) is 4.85. The minimum Gasteiger partial charge on any atom is -0.337 e. The van der Waals surface area contributed by atoms with Gasteiger partial charge in [0.25, 0.3) is 5.91 Å². The summed E-state index contributed by atoms with van der Waals surface area (Å²) < 4.78 is 0. The van der Waals surface area contributed by atoms with Gasteiger partial charge in [0.2, 0.25) is 5.91 Å². The number of nitrogens with zero attached hydrogens (tertiary/aromatic N) is 1. The highest BCUT2D eigenvalue weighted by atomic mass is 16.2. The highest BCUT2D eigenvalue weighted by molar-refractivity contribution is 5.98. The van der Waals surface area contributed by atoms with Crippen LogP contribution in [0.4, 0.5) is 0 Å². The fourth-order valence-corrected chi connectivity index (χ4v) is 3.61. The molecule has 0 bridgehead atoms. The van der Waals surface area contributed by atoms with Crippen molar-refractivity contribution in [3.05, 3.63) is 35.9 Å². The Morgan fingerprint density at radius 2 is 1.90 bits per heavy atom. The summed E-state index contributed by atoms with van der Waals surface area (Å²) in [7, 11) is 0. The molecule has 0 radical (unpaired) electrons. The zero-order chi connectivity index (χ0) is 15.0. The van der Waals surface area contributed by atoms with Crippen molar-refractivity contribution in [2.75, 3.05) is 6.54 Å². The number of benzene rings is 1. The summed E-state index contributed by atoms with van der Waals surface area (Å²) in [6.45, 7) is 4.22. The van der Waals surface area contributed by atoms with Gasteiger partial charge in [-0.05, 0) is 37.7 Å². The first-order valence-corrected chi connectivity index (χ1v) is 7.68. The van der Waals surface area contributed by atoms with Crippen molar-refractivity contribution in [2.45, 2.75) is 44.7 Å². The first-order chi connectivity index (χ1) is 10.0. The van der Waals surface area contributed by atoms with Crippen molar-refractivity contribution in [2.24, 2.45) is 5.92 Å². The Morgan fingerprint density at radius 3 is 2.52 bits per heavy atom. The Labute approximate surface area is 125 Å². The maximum atomic E-state index is 13.0. The minimum absolute atomic E-state index is 0.0207. The molecule has 1 N–H and O–H groups in total. The Morgan fingerprint density at radius 1 is 1.19 bits per heavy atom. The van der Waals surface area contributed by atoms with Crippen LogP contribution in [0.5, 0.6) is 0 Å². The van der Waals surface area contributed by atoms with Gasteiger partial charge in [-0.3, -0.25) is 9.59 Å². The maximum Gasteiger partial charge on any atom is 0.253 e. The van der Waals surface area contributed by atoms with Gasteiger partial charge in [-0.25, -0.2) is 0 Å². The van der Waals surface area contributed by atoms with Crippen molar-refractivity contribution in [1.82, 2.24) is 10.2 Å². The summed E-state index contributed by atoms with van der Waals surface area (Å²) in [5, 5.41) is 2.89. The molecule has 1 aromatic carbocycles. The van der Waals surface area contributed by atoms with Gasteiger partial charge in [-0.15, -0.1) is 0 Å². The lowest BCUT2D eigenvalue weighted by Crippen LogP contribution is -2.65. The maximum absolute atomic E-state index is 13.0. The summed E-state index contributed by atoms with van der Waals surface area (Å²) in [4.78, 5) is 26.9. The van der Waals surface area contributed by atoms with E-state index in [1.165, 1.54) is 0 Å². The van der Waals surface area contributed by atoms with Crippen LogP contribution in [0.25, 0.3) is 0 Å². The Bertz CT molecular complexity index is 557. The average Bonchev–Trinajstić information content (AvgIpc) is 2.90. The van der Waals surface area contributed by atoms with Crippen molar-refractivity contribution in [3.8, 4) is 0 Å². The number of piperazine rings is 1. The quantitative estimate of drug-likeness (QED) is 0.904. The second-order valence-electron chi connectivity index (χ2n) is 6.54. The van der Waals surface area contributed by atoms with Gasteiger partial charge in [-0.2, -0.15) is 0 Å². The molecule has 2 aliphatic rings. The molecule has 112 valence electrons. The number of amides is 2. The number of nitrogens with one attached hydrogen (secondary N) is 1. The molecule has 1 heterocycles. The van der Waals surface area contributed by atoms with Crippen LogP contribution >= 0.6 is 0 Å². The molecule has 1 aliphatic carbocycles. The van der Waals surface area contributed by atoms with Crippen molar-refractivity contribution in [1.29, 1.82) is 0 Å². The smallest absolute Gasteiger partial charge is 0.253 e. The van der Waals surface area contributed by atoms with E-state index >= 15 is 0 Å². The van der Waals surface area contributed by atoms with Gasteiger partial charge in [-0.1, -0.05) is 37.3 Å². The normalized spacial score (nSPS) is 33.1. The second-order valence-corrected chi connectivity index (χ2v) is 6.54. The Kier molecular flexibility index (Phi) is 3.47. The summed E-state index contributed by atoms with van der Waals surface area (Å²) in [6.07, 6.45) is 3.15. The zero-order valence-corrected chi connectivity index (χ0v) is 12.6. The number of carbonyl (C=O) groups excluding carboxylic acids is 2. The van der Waals surface area contributed by atoms with Crippen molar-refractivity contribution >= 4 is 11.8 Å². The highest BCUT2D eigenvalue weighted by Gasteiger charge is 2.47. The molecule has 0 spiro atoms. The molecular weight excluding hydrogens is 264 g/mol. The van der Waals surface area contributed by atoms with E-state index in [0.29, 0.717) is 5.92 Å². The van der Waals surface area contributed by atoms with E-state index in [0.717, 1.165) is 24.8 Å². The van der Waals surface area contributed by atoms with Gasteiger partial charge in [0.15, 0.2) is 0 Å². The second kappa shape index (κ2) is 5.17. The summed E-state index contributed by atoms with van der Waals surface area (Å²) in [5.74, 6) is 0.587. The molecule has 1 saturated heterocycles. The molecule has 3 atom stereocenters. The van der Waals surface area contributed by atoms with Gasteiger partial charge < -0.3 is 10.2 Å². The Hall–Kier alpha value is -1.84. The van der Waals surface area contributed by atoms with Crippen LogP contribution in [-0.4, -0.2) is 29.3 Å². The lowest BCUT2D eigenvalue weighted by molar-refractivity contribution is -0.152. The number of carbonyl (C=O) groups is 2. The standard InChI is InChI=1S/C17H22N2O2/c1-12-8-9-14(10-12)19-11-15(20)18-17(2,16(19)21)13-6-4-3-5-7-13/h3-7,12,14H,8-11H2,1-2H3,(H,18,20). The van der Waals surface area contributed by atoms with E-state index in [2.05, 4.69) is 12.2 Å². The summed E-state index contributed by atoms with van der Waals surface area (Å²) in [6, 6.07) is 9.73. The van der Waals surface area contributed by atoms with Crippen LogP contribution in [-0.2, 0) is 15.1 Å². The van der Waals surface area contributed by atoms with E-state index in [1.54, 1.807) is 4.90 Å². The van der Waals surface area contributed by atoms with Gasteiger partial charge in [0.05, 0.1) is 6.54 Å². The molecule has 1 saturated carbocycles. The summed E-state index contributed by atoms with van der Waals surface area (Å²) in [5.41, 5.74) is -0.0957. The number of hydrogen-bond donors (Lipinski definition) is 1. The summed E-state index contributed by atoms with van der Waals surface area (Å²) >= 11 is 0. The molecule has 4 nitrogen and oxygen atoms in total. The Balaban J connectivity index is 1.92. The lowest BCUT2D eigenvalue weighted by Gasteiger charge is -2.42. The van der Waals surface area contributed by atoms with Gasteiger partial charge in [0, 0.05) is 6.04 Å². The first-order valence-electron chi connectivity index (χ1n) is 7.68. The lowest BCUT2D eigenvalue weighted by atomic mass is 9.87. The molecule has 3 rings (SSSR count). The van der Waals surface area contributed by atoms with E-state index in [1.807, 2.05) is 37.3 Å². The molecular formula is C17H22N2O2. The average molecular weight is 286 g/mol. The topological polar surface area (TPSA) is 49.4 Å². The van der Waals surface area contributed by atoms with Gasteiger partial charge >= 0.3 is 0 Å². The predicted molar refractivity (Wildman–Crippen MR) is 80.5 cm³/mol. The predicted octanol–water partition coefficient (Wildman–Crippen LogP) is 2.05. The molecule has 3 unspecified atom stereocenters. The SMILES string of the molecule is CC1CCC(N2CC(=O)NC(C)(c3ccccc3)C2=O)C1. The van der Waals surface area contributed by atoms with E-state index in [-0.39, 0.29) is 24.4 Å². The fourth-order valence-electron chi connectivity index (χ4n) is 3.61. The van der Waals surface area contributed by atoms with Crippen LogP contribution in [0.2, 0.25) is 0 Å². The third-order valence-corrected chi connectivity index (χ3v) is 4.85. The van der Waals surface area contributed by atoms with E-state index in [4.69, 9.17) is 0 Å². The molecule has 2 fully saturated rings. The monoisotopic (exact) mass is 286 g/mol. The zero-order valence-electron chi connectivity index (χ0n) is 12.6. The third kappa shape index (κ3) is 2.43.